The number of hydrogen-bond acceptors (Lipinski definition) is 5. The number of fused-ring (bicyclic) bond motifs is 1. The second kappa shape index (κ2) is 11.4. The number of carbonyl (C=O) groups is 4. The molecule has 13 heteroatoms. The zero-order valence-corrected chi connectivity index (χ0v) is 23.7. The maximum Gasteiger partial charge on any atom is 0.405 e. The molecule has 1 aromatic carbocycles. The van der Waals surface area contributed by atoms with Crippen molar-refractivity contribution >= 4 is 35.0 Å². The van der Waals surface area contributed by atoms with Crippen molar-refractivity contribution in [3.05, 3.63) is 41.7 Å². The third kappa shape index (κ3) is 6.44. The van der Waals surface area contributed by atoms with Crippen molar-refractivity contribution in [3.63, 3.8) is 0 Å². The lowest BCUT2D eigenvalue weighted by Crippen LogP contribution is -2.50. The number of nitrogens with one attached hydrogen (secondary N) is 3. The third-order valence-electron chi connectivity index (χ3n) is 8.25. The molecular weight excluding hydrogens is 553 g/mol. The molecule has 0 bridgehead atoms. The number of anilines is 2. The average Bonchev–Trinajstić information content (AvgIpc) is 3.87. The van der Waals surface area contributed by atoms with Crippen LogP contribution in [0, 0.1) is 17.8 Å². The molecule has 0 spiro atoms. The van der Waals surface area contributed by atoms with E-state index in [2.05, 4.69) is 15.7 Å². The van der Waals surface area contributed by atoms with Crippen LogP contribution in [0.5, 0.6) is 0 Å². The van der Waals surface area contributed by atoms with E-state index in [4.69, 9.17) is 0 Å². The van der Waals surface area contributed by atoms with Crippen LogP contribution in [0.25, 0.3) is 0 Å². The normalized spacial score (nSPS) is 19.5. The Morgan fingerprint density at radius 2 is 1.74 bits per heavy atom. The fourth-order valence-electron chi connectivity index (χ4n) is 5.88. The van der Waals surface area contributed by atoms with Gasteiger partial charge in [-0.2, -0.15) is 18.3 Å². The first-order valence-corrected chi connectivity index (χ1v) is 14.2. The Hall–Kier alpha value is -3.90. The number of benzene rings is 1. The smallest absolute Gasteiger partial charge is 0.346 e. The van der Waals surface area contributed by atoms with E-state index < -0.39 is 48.3 Å². The van der Waals surface area contributed by atoms with Crippen molar-refractivity contribution in [1.29, 1.82) is 0 Å². The van der Waals surface area contributed by atoms with Gasteiger partial charge in [0.2, 0.25) is 17.7 Å². The molecule has 42 heavy (non-hydrogen) atoms. The van der Waals surface area contributed by atoms with Crippen molar-refractivity contribution in [2.24, 2.45) is 17.8 Å². The molecule has 2 saturated carbocycles. The van der Waals surface area contributed by atoms with Gasteiger partial charge < -0.3 is 20.9 Å². The maximum atomic E-state index is 13.8. The molecule has 4 amide bonds. The van der Waals surface area contributed by atoms with Crippen LogP contribution in [-0.2, 0) is 14.4 Å². The molecular formula is C29H35F3N6O4. The lowest BCUT2D eigenvalue weighted by atomic mass is 9.87. The Morgan fingerprint density at radius 3 is 2.33 bits per heavy atom. The number of nitrogens with zero attached hydrogens (tertiary/aromatic N) is 3. The molecule has 1 aliphatic heterocycles. The zero-order valence-electron chi connectivity index (χ0n) is 23.7. The first kappa shape index (κ1) is 29.6. The van der Waals surface area contributed by atoms with E-state index in [1.807, 2.05) is 19.2 Å². The van der Waals surface area contributed by atoms with Crippen LogP contribution in [0.4, 0.5) is 24.5 Å². The lowest BCUT2D eigenvalue weighted by Gasteiger charge is -2.32. The van der Waals surface area contributed by atoms with E-state index in [1.165, 1.54) is 18.0 Å². The maximum absolute atomic E-state index is 13.8. The minimum absolute atomic E-state index is 0.0204. The van der Waals surface area contributed by atoms with Gasteiger partial charge >= 0.3 is 6.18 Å². The highest BCUT2D eigenvalue weighted by Crippen LogP contribution is 2.51. The van der Waals surface area contributed by atoms with Gasteiger partial charge in [-0.1, -0.05) is 6.07 Å². The zero-order chi connectivity index (χ0) is 30.3. The largest absolute Gasteiger partial charge is 0.405 e. The minimum atomic E-state index is -4.58. The van der Waals surface area contributed by atoms with Crippen molar-refractivity contribution in [3.8, 4) is 0 Å². The number of alkyl halides is 3. The van der Waals surface area contributed by atoms with E-state index >= 15 is 0 Å². The molecule has 1 unspecified atom stereocenters. The molecule has 2 heterocycles. The van der Waals surface area contributed by atoms with Crippen LogP contribution in [0.2, 0.25) is 0 Å². The molecule has 3 N–H and O–H groups in total. The fraction of sp³-hybridized carbons (Fsp3) is 0.552. The molecule has 0 radical (unpaired) electrons. The number of carbonyl (C=O) groups excluding carboxylic acids is 4. The second-order valence-corrected chi connectivity index (χ2v) is 11.8. The highest BCUT2D eigenvalue weighted by atomic mass is 19.4. The number of halogens is 3. The molecule has 2 fully saturated rings. The number of hydrogen-bond donors (Lipinski definition) is 3. The van der Waals surface area contributed by atoms with Crippen molar-refractivity contribution in [2.75, 3.05) is 23.8 Å². The van der Waals surface area contributed by atoms with E-state index in [-0.39, 0.29) is 18.4 Å². The monoisotopic (exact) mass is 588 g/mol. The Bertz CT molecular complexity index is 1370. The van der Waals surface area contributed by atoms with Gasteiger partial charge in [0.1, 0.15) is 18.3 Å². The summed E-state index contributed by atoms with van der Waals surface area (Å²) in [6.45, 7) is 2.32. The third-order valence-corrected chi connectivity index (χ3v) is 8.25. The molecule has 1 aromatic heterocycles. The van der Waals surface area contributed by atoms with Gasteiger partial charge in [-0.05, 0) is 81.0 Å². The standard InChI is InChI=1S/C29H35F3N6O4/c1-15(2)38-21(10-11-34-38)27(41)36-25(24(16-4-5-16)17-6-7-17)28(42)35-18-8-9-19-20(26(40)33-14-29(30,31)32)13-23(39)37(3)22(19)12-18/h8-12,15-17,20,24-25H,4-7,13-14H2,1-3H3,(H,33,40)(H,35,42)(H,36,41)/t20?,25-/m0/s1. The van der Waals surface area contributed by atoms with Crippen LogP contribution in [-0.4, -0.2) is 59.2 Å². The predicted molar refractivity (Wildman–Crippen MR) is 148 cm³/mol. The summed E-state index contributed by atoms with van der Waals surface area (Å²) in [6, 6.07) is 5.39. The van der Waals surface area contributed by atoms with E-state index in [9.17, 15) is 32.3 Å². The van der Waals surface area contributed by atoms with Crippen LogP contribution in [0.15, 0.2) is 30.5 Å². The van der Waals surface area contributed by atoms with E-state index in [0.29, 0.717) is 34.5 Å². The molecule has 3 aliphatic rings. The molecule has 10 nitrogen and oxygen atoms in total. The van der Waals surface area contributed by atoms with Gasteiger partial charge in [-0.15, -0.1) is 0 Å². The summed E-state index contributed by atoms with van der Waals surface area (Å²) in [5.41, 5.74) is 1.40. The minimum Gasteiger partial charge on any atom is -0.346 e. The van der Waals surface area contributed by atoms with Crippen molar-refractivity contribution in [1.82, 2.24) is 20.4 Å². The summed E-state index contributed by atoms with van der Waals surface area (Å²) >= 11 is 0. The highest BCUT2D eigenvalue weighted by Gasteiger charge is 2.48. The highest BCUT2D eigenvalue weighted by molar-refractivity contribution is 6.04. The van der Waals surface area contributed by atoms with Gasteiger partial charge in [0, 0.05) is 37.1 Å². The van der Waals surface area contributed by atoms with Gasteiger partial charge in [0.15, 0.2) is 0 Å². The van der Waals surface area contributed by atoms with Crippen LogP contribution in [0.3, 0.4) is 0 Å². The summed E-state index contributed by atoms with van der Waals surface area (Å²) in [4.78, 5) is 53.8. The molecule has 2 atom stereocenters. The number of rotatable bonds is 10. The van der Waals surface area contributed by atoms with Gasteiger partial charge in [-0.25, -0.2) is 0 Å². The average molecular weight is 589 g/mol. The molecule has 0 saturated heterocycles. The van der Waals surface area contributed by atoms with Crippen LogP contribution < -0.4 is 20.9 Å². The molecule has 226 valence electrons. The van der Waals surface area contributed by atoms with Gasteiger partial charge in [-0.3, -0.25) is 23.9 Å². The summed E-state index contributed by atoms with van der Waals surface area (Å²) in [6.07, 6.45) is 0.668. The summed E-state index contributed by atoms with van der Waals surface area (Å²) < 4.78 is 39.6. The van der Waals surface area contributed by atoms with Gasteiger partial charge in [0.25, 0.3) is 5.91 Å². The Balaban J connectivity index is 1.38. The fourth-order valence-corrected chi connectivity index (χ4v) is 5.88. The van der Waals surface area contributed by atoms with E-state index in [1.54, 1.807) is 29.1 Å². The van der Waals surface area contributed by atoms with Gasteiger partial charge in [0.05, 0.1) is 5.92 Å². The number of aromatic nitrogens is 2. The predicted octanol–water partition coefficient (Wildman–Crippen LogP) is 3.77. The summed E-state index contributed by atoms with van der Waals surface area (Å²) in [5, 5.41) is 12.0. The van der Waals surface area contributed by atoms with E-state index in [0.717, 1.165) is 25.7 Å². The summed E-state index contributed by atoms with van der Waals surface area (Å²) in [5.74, 6) is -2.56. The van der Waals surface area contributed by atoms with Crippen LogP contribution >= 0.6 is 0 Å². The Kier molecular flexibility index (Phi) is 8.04. The van der Waals surface area contributed by atoms with Crippen LogP contribution in [0.1, 0.15) is 74.0 Å². The van der Waals surface area contributed by atoms with Crippen molar-refractivity contribution < 1.29 is 32.3 Å². The first-order valence-electron chi connectivity index (χ1n) is 14.2. The molecule has 2 aliphatic carbocycles. The first-order chi connectivity index (χ1) is 19.8. The number of amides is 4. The van der Waals surface area contributed by atoms with Crippen molar-refractivity contribution in [2.45, 2.75) is 70.1 Å². The lowest BCUT2D eigenvalue weighted by molar-refractivity contribution is -0.140. The Morgan fingerprint density at radius 1 is 1.07 bits per heavy atom. The SMILES string of the molecule is CC(C)n1nccc1C(=O)N[C@H](C(=O)Nc1ccc2c(c1)N(C)C(=O)CC2C(=O)NCC(F)(F)F)C(C1CC1)C1CC1. The molecule has 2 aromatic rings. The second-order valence-electron chi connectivity index (χ2n) is 11.8. The Labute approximate surface area is 241 Å². The summed E-state index contributed by atoms with van der Waals surface area (Å²) in [7, 11) is 1.51. The molecule has 5 rings (SSSR count). The quantitative estimate of drug-likeness (QED) is 0.390. The topological polar surface area (TPSA) is 125 Å².